The maximum atomic E-state index is 15.7. The second kappa shape index (κ2) is 12.3. The lowest BCUT2D eigenvalue weighted by Crippen LogP contribution is -2.36. The Morgan fingerprint density at radius 2 is 1.78 bits per heavy atom. The molecule has 2 aromatic carbocycles. The maximum Gasteiger partial charge on any atom is 0.234 e. The highest BCUT2D eigenvalue weighted by Crippen LogP contribution is 2.64. The Bertz CT molecular complexity index is 1410. The molecule has 0 spiro atoms. The van der Waals surface area contributed by atoms with E-state index in [1.54, 1.807) is 18.2 Å². The molecule has 1 N–H and O–H groups in total. The Morgan fingerprint density at radius 3 is 2.39 bits per heavy atom. The van der Waals surface area contributed by atoms with Crippen LogP contribution in [0.25, 0.3) is 11.1 Å². The first kappa shape index (κ1) is 31.3. The minimum Gasteiger partial charge on any atom is -0.489 e. The number of aromatic nitrogens is 1. The molecule has 0 saturated heterocycles. The maximum absolute atomic E-state index is 15.7. The van der Waals surface area contributed by atoms with E-state index in [4.69, 9.17) is 4.74 Å². The number of halogens is 2. The number of aryl methyl sites for hydroxylation is 1. The third-order valence-electron chi connectivity index (χ3n) is 8.23. The van der Waals surface area contributed by atoms with Crippen LogP contribution >= 0.6 is 7.37 Å². The lowest BCUT2D eigenvalue weighted by molar-refractivity contribution is 0.166. The van der Waals surface area contributed by atoms with Gasteiger partial charge in [-0.15, -0.1) is 0 Å². The molecule has 5 nitrogen and oxygen atoms in total. The zero-order chi connectivity index (χ0) is 30.1. The van der Waals surface area contributed by atoms with Gasteiger partial charge in [0.05, 0.1) is 6.20 Å². The fraction of sp³-hybridized carbons (Fsp3) is 0.485. The highest BCUT2D eigenvalue weighted by Gasteiger charge is 2.53. The van der Waals surface area contributed by atoms with Crippen LogP contribution in [0.2, 0.25) is 0 Å². The third kappa shape index (κ3) is 7.25. The minimum absolute atomic E-state index is 0.0397. The number of rotatable bonds is 12. The van der Waals surface area contributed by atoms with Crippen molar-refractivity contribution in [3.05, 3.63) is 82.9 Å². The van der Waals surface area contributed by atoms with E-state index in [1.807, 2.05) is 31.2 Å². The van der Waals surface area contributed by atoms with Crippen LogP contribution in [0.5, 0.6) is 5.75 Å². The second-order valence-corrected chi connectivity index (χ2v) is 14.9. The zero-order valence-corrected chi connectivity index (χ0v) is 26.1. The average molecular weight is 585 g/mol. The first-order chi connectivity index (χ1) is 19.2. The Morgan fingerprint density at radius 1 is 1.10 bits per heavy atom. The van der Waals surface area contributed by atoms with Crippen LogP contribution in [0, 0.1) is 18.7 Å². The van der Waals surface area contributed by atoms with E-state index >= 15 is 4.39 Å². The van der Waals surface area contributed by atoms with E-state index in [0.29, 0.717) is 35.5 Å². The summed E-state index contributed by atoms with van der Waals surface area (Å²) in [4.78, 5) is 16.6. The van der Waals surface area contributed by atoms with Gasteiger partial charge in [0.25, 0.3) is 0 Å². The van der Waals surface area contributed by atoms with Crippen molar-refractivity contribution < 1.29 is 23.0 Å². The van der Waals surface area contributed by atoms with Gasteiger partial charge in [-0.25, -0.2) is 8.78 Å². The van der Waals surface area contributed by atoms with Crippen LogP contribution in [0.15, 0.2) is 54.7 Å². The van der Waals surface area contributed by atoms with Crippen molar-refractivity contribution in [1.29, 1.82) is 0 Å². The molecule has 3 atom stereocenters. The summed E-state index contributed by atoms with van der Waals surface area (Å²) in [7, 11) is -3.99. The van der Waals surface area contributed by atoms with Gasteiger partial charge in [-0.1, -0.05) is 30.3 Å². The molecule has 4 rings (SSSR count). The lowest BCUT2D eigenvalue weighted by atomic mass is 9.89. The number of hydrogen-bond donors (Lipinski definition) is 1. The summed E-state index contributed by atoms with van der Waals surface area (Å²) in [5, 5.41) is -2.23. The summed E-state index contributed by atoms with van der Waals surface area (Å²) in [5.74, 6) is -0.421. The predicted octanol–water partition coefficient (Wildman–Crippen LogP) is 8.47. The van der Waals surface area contributed by atoms with Crippen molar-refractivity contribution in [2.45, 2.75) is 90.9 Å². The number of hydrogen-bond acceptors (Lipinski definition) is 4. The van der Waals surface area contributed by atoms with Crippen molar-refractivity contribution in [2.24, 2.45) is 5.92 Å². The van der Waals surface area contributed by atoms with E-state index in [9.17, 15) is 13.8 Å². The molecule has 3 aromatic rings. The standard InChI is InChI=1S/C33H43F2N2O3P/c1-21(2)37(22(3)4)19-27-16-24(11-14-29(27)30-15-23(5)36-18-31(30)34)20-40-28-10-8-9-26(17-28)32(25-12-13-25)33(6,35)41(7,38)39/h8-11,14-18,21-22,25,32H,12-13,19-20H2,1-7H3,(H,38,39)/t32-,33-/m0/s1. The van der Waals surface area contributed by atoms with Crippen LogP contribution in [-0.4, -0.2) is 38.9 Å². The van der Waals surface area contributed by atoms with E-state index in [-0.39, 0.29) is 18.3 Å². The van der Waals surface area contributed by atoms with Gasteiger partial charge < -0.3 is 9.63 Å². The van der Waals surface area contributed by atoms with Gasteiger partial charge in [0.2, 0.25) is 7.37 Å². The van der Waals surface area contributed by atoms with Gasteiger partial charge in [0.15, 0.2) is 5.41 Å². The predicted molar refractivity (Wildman–Crippen MR) is 162 cm³/mol. The van der Waals surface area contributed by atoms with Crippen molar-refractivity contribution in [1.82, 2.24) is 9.88 Å². The summed E-state index contributed by atoms with van der Waals surface area (Å²) in [6, 6.07) is 15.6. The van der Waals surface area contributed by atoms with Crippen LogP contribution in [0.3, 0.4) is 0 Å². The van der Waals surface area contributed by atoms with Crippen LogP contribution in [0.1, 0.15) is 75.8 Å². The second-order valence-electron chi connectivity index (χ2n) is 12.2. The molecule has 41 heavy (non-hydrogen) atoms. The highest BCUT2D eigenvalue weighted by atomic mass is 31.2. The third-order valence-corrected chi connectivity index (χ3v) is 10.1. The first-order valence-corrected chi connectivity index (χ1v) is 16.5. The van der Waals surface area contributed by atoms with E-state index in [0.717, 1.165) is 41.9 Å². The summed E-state index contributed by atoms with van der Waals surface area (Å²) < 4.78 is 49.3. The summed E-state index contributed by atoms with van der Waals surface area (Å²) in [6.07, 6.45) is 2.95. The number of ether oxygens (including phenoxy) is 1. The van der Waals surface area contributed by atoms with E-state index in [1.165, 1.54) is 13.1 Å². The number of pyridine rings is 1. The molecular formula is C33H43F2N2O3P. The molecule has 1 aromatic heterocycles. The molecule has 1 aliphatic rings. The van der Waals surface area contributed by atoms with Crippen LogP contribution in [0.4, 0.5) is 8.78 Å². The summed E-state index contributed by atoms with van der Waals surface area (Å²) >= 11 is 0. The van der Waals surface area contributed by atoms with Gasteiger partial charge in [-0.05, 0) is 101 Å². The fourth-order valence-electron chi connectivity index (χ4n) is 5.70. The molecule has 222 valence electrons. The average Bonchev–Trinajstić information content (AvgIpc) is 3.72. The molecule has 1 aliphatic carbocycles. The summed E-state index contributed by atoms with van der Waals surface area (Å²) in [6.45, 7) is 13.7. The van der Waals surface area contributed by atoms with Crippen molar-refractivity contribution >= 4 is 7.37 Å². The Labute approximate surface area is 243 Å². The first-order valence-electron chi connectivity index (χ1n) is 14.4. The van der Waals surface area contributed by atoms with Crippen molar-refractivity contribution in [3.63, 3.8) is 0 Å². The molecule has 0 radical (unpaired) electrons. The molecular weight excluding hydrogens is 541 g/mol. The Kier molecular flexibility index (Phi) is 9.42. The van der Waals surface area contributed by atoms with Gasteiger partial charge >= 0.3 is 0 Å². The zero-order valence-electron chi connectivity index (χ0n) is 25.2. The molecule has 1 fully saturated rings. The molecule has 0 amide bonds. The Balaban J connectivity index is 1.63. The number of alkyl halides is 1. The Hall–Kier alpha value is -2.60. The molecule has 1 heterocycles. The topological polar surface area (TPSA) is 62.7 Å². The quantitative estimate of drug-likeness (QED) is 0.216. The highest BCUT2D eigenvalue weighted by molar-refractivity contribution is 7.58. The largest absolute Gasteiger partial charge is 0.489 e. The minimum atomic E-state index is -3.99. The van der Waals surface area contributed by atoms with Gasteiger partial charge in [-0.2, -0.15) is 0 Å². The van der Waals surface area contributed by atoms with E-state index < -0.39 is 18.7 Å². The van der Waals surface area contributed by atoms with Gasteiger partial charge in [0.1, 0.15) is 18.2 Å². The monoisotopic (exact) mass is 584 g/mol. The molecule has 8 heteroatoms. The van der Waals surface area contributed by atoms with Crippen molar-refractivity contribution in [2.75, 3.05) is 6.66 Å². The number of nitrogens with zero attached hydrogens (tertiary/aromatic N) is 2. The van der Waals surface area contributed by atoms with Crippen LogP contribution < -0.4 is 4.74 Å². The smallest absolute Gasteiger partial charge is 0.234 e. The van der Waals surface area contributed by atoms with Gasteiger partial charge in [-0.3, -0.25) is 14.4 Å². The summed E-state index contributed by atoms with van der Waals surface area (Å²) in [5.41, 5.74) is 4.70. The SMILES string of the molecule is Cc1cc(-c2ccc(COc3cccc([C@H](C4CC4)[C@@](C)(F)P(C)(=O)O)c3)cc2CN(C(C)C)C(C)C)c(F)cn1. The molecule has 0 aliphatic heterocycles. The molecule has 1 saturated carbocycles. The fourth-order valence-corrected chi connectivity index (χ4v) is 6.57. The number of benzene rings is 2. The molecule has 0 bridgehead atoms. The van der Waals surface area contributed by atoms with Crippen LogP contribution in [-0.2, 0) is 17.7 Å². The van der Waals surface area contributed by atoms with Crippen molar-refractivity contribution in [3.8, 4) is 16.9 Å². The normalized spacial score (nSPS) is 17.5. The lowest BCUT2D eigenvalue weighted by Gasteiger charge is -2.33. The van der Waals surface area contributed by atoms with Gasteiger partial charge in [0, 0.05) is 42.5 Å². The van der Waals surface area contributed by atoms with E-state index in [2.05, 4.69) is 43.6 Å². The molecule has 1 unspecified atom stereocenters.